The second kappa shape index (κ2) is 7.14. The van der Waals surface area contributed by atoms with Crippen LogP contribution in [0.5, 0.6) is 5.75 Å². The Labute approximate surface area is 114 Å². The summed E-state index contributed by atoms with van der Waals surface area (Å²) in [6, 6.07) is 4.23. The Morgan fingerprint density at radius 1 is 1.42 bits per heavy atom. The van der Waals surface area contributed by atoms with Gasteiger partial charge in [0.05, 0.1) is 13.7 Å². The third kappa shape index (κ3) is 4.56. The molecule has 4 heteroatoms. The molecule has 106 valence electrons. The Kier molecular flexibility index (Phi) is 5.83. The molecule has 1 aromatic rings. The first-order valence-electron chi connectivity index (χ1n) is 6.55. The lowest BCUT2D eigenvalue weighted by atomic mass is 9.95. The highest BCUT2D eigenvalue weighted by Gasteiger charge is 2.11. The number of carbonyl (C=O) groups is 1. The number of ether oxygens (including phenoxy) is 1. The van der Waals surface area contributed by atoms with E-state index in [1.54, 1.807) is 7.11 Å². The molecule has 0 fully saturated rings. The number of hydrogen-bond donors (Lipinski definition) is 2. The monoisotopic (exact) mass is 265 g/mol. The van der Waals surface area contributed by atoms with Gasteiger partial charge in [0, 0.05) is 0 Å². The fourth-order valence-corrected chi connectivity index (χ4v) is 2.06. The standard InChI is InChI=1S/C15H23NO3/c1-10(2)13-8-12(5-6-16-9-15(17)18)11(3)7-14(13)19-4/h7-8,10,16H,5-6,9H2,1-4H3,(H,17,18). The maximum atomic E-state index is 10.4. The average Bonchev–Trinajstić information content (AvgIpc) is 2.34. The summed E-state index contributed by atoms with van der Waals surface area (Å²) in [5, 5.41) is 11.5. The number of carboxylic acid groups (broad SMARTS) is 1. The number of rotatable bonds is 7. The van der Waals surface area contributed by atoms with Crippen molar-refractivity contribution in [3.63, 3.8) is 0 Å². The van der Waals surface area contributed by atoms with Gasteiger partial charge in [0.1, 0.15) is 5.75 Å². The van der Waals surface area contributed by atoms with E-state index in [9.17, 15) is 4.79 Å². The Balaban J connectivity index is 2.77. The zero-order chi connectivity index (χ0) is 14.4. The predicted molar refractivity (Wildman–Crippen MR) is 76.0 cm³/mol. The van der Waals surface area contributed by atoms with Crippen LogP contribution in [0.2, 0.25) is 0 Å². The summed E-state index contributed by atoms with van der Waals surface area (Å²) in [7, 11) is 1.69. The van der Waals surface area contributed by atoms with Gasteiger partial charge in [-0.2, -0.15) is 0 Å². The van der Waals surface area contributed by atoms with E-state index in [1.807, 2.05) is 0 Å². The van der Waals surface area contributed by atoms with E-state index >= 15 is 0 Å². The summed E-state index contributed by atoms with van der Waals surface area (Å²) in [6.45, 7) is 7.00. The summed E-state index contributed by atoms with van der Waals surface area (Å²) in [5.41, 5.74) is 3.61. The maximum absolute atomic E-state index is 10.4. The molecule has 0 spiro atoms. The number of aliphatic carboxylic acids is 1. The minimum atomic E-state index is -0.825. The minimum Gasteiger partial charge on any atom is -0.496 e. The van der Waals surface area contributed by atoms with Gasteiger partial charge < -0.3 is 15.2 Å². The number of benzene rings is 1. The quantitative estimate of drug-likeness (QED) is 0.743. The van der Waals surface area contributed by atoms with Crippen LogP contribution in [0.4, 0.5) is 0 Å². The molecule has 0 aliphatic carbocycles. The van der Waals surface area contributed by atoms with Crippen molar-refractivity contribution >= 4 is 5.97 Å². The molecule has 0 aliphatic rings. The molecular weight excluding hydrogens is 242 g/mol. The molecule has 0 bridgehead atoms. The van der Waals surface area contributed by atoms with Gasteiger partial charge in [0.2, 0.25) is 0 Å². The number of aryl methyl sites for hydroxylation is 1. The largest absolute Gasteiger partial charge is 0.496 e. The van der Waals surface area contributed by atoms with Crippen LogP contribution < -0.4 is 10.1 Å². The van der Waals surface area contributed by atoms with E-state index in [1.165, 1.54) is 16.7 Å². The van der Waals surface area contributed by atoms with E-state index in [4.69, 9.17) is 9.84 Å². The van der Waals surface area contributed by atoms with E-state index in [2.05, 4.69) is 38.2 Å². The summed E-state index contributed by atoms with van der Waals surface area (Å²) < 4.78 is 5.41. The lowest BCUT2D eigenvalue weighted by Gasteiger charge is -2.16. The van der Waals surface area contributed by atoms with Gasteiger partial charge in [-0.05, 0) is 48.6 Å². The minimum absolute atomic E-state index is 0.00619. The molecule has 1 aromatic carbocycles. The van der Waals surface area contributed by atoms with Crippen LogP contribution in [0, 0.1) is 6.92 Å². The molecule has 0 atom stereocenters. The lowest BCUT2D eigenvalue weighted by Crippen LogP contribution is -2.24. The highest BCUT2D eigenvalue weighted by Crippen LogP contribution is 2.29. The molecular formula is C15H23NO3. The topological polar surface area (TPSA) is 58.6 Å². The second-order valence-electron chi connectivity index (χ2n) is 5.00. The number of carboxylic acids is 1. The normalized spacial score (nSPS) is 10.8. The van der Waals surface area contributed by atoms with Gasteiger partial charge in [-0.1, -0.05) is 19.9 Å². The van der Waals surface area contributed by atoms with Crippen molar-refractivity contribution in [3.8, 4) is 5.75 Å². The smallest absolute Gasteiger partial charge is 0.317 e. The SMILES string of the molecule is COc1cc(C)c(CCNCC(=O)O)cc1C(C)C. The van der Waals surface area contributed by atoms with Crippen molar-refractivity contribution in [1.29, 1.82) is 0 Å². The molecule has 1 rings (SSSR count). The van der Waals surface area contributed by atoms with E-state index < -0.39 is 5.97 Å². The highest BCUT2D eigenvalue weighted by atomic mass is 16.5. The van der Waals surface area contributed by atoms with E-state index in [0.717, 1.165) is 12.2 Å². The van der Waals surface area contributed by atoms with Crippen LogP contribution in [-0.4, -0.2) is 31.3 Å². The van der Waals surface area contributed by atoms with Gasteiger partial charge in [-0.15, -0.1) is 0 Å². The van der Waals surface area contributed by atoms with Crippen LogP contribution in [0.1, 0.15) is 36.5 Å². The first kappa shape index (κ1) is 15.5. The van der Waals surface area contributed by atoms with Gasteiger partial charge >= 0.3 is 5.97 Å². The highest BCUT2D eigenvalue weighted by molar-refractivity contribution is 5.68. The van der Waals surface area contributed by atoms with Crippen molar-refractivity contribution in [3.05, 3.63) is 28.8 Å². The van der Waals surface area contributed by atoms with E-state index in [0.29, 0.717) is 12.5 Å². The van der Waals surface area contributed by atoms with Crippen molar-refractivity contribution in [2.75, 3.05) is 20.2 Å². The Morgan fingerprint density at radius 3 is 2.63 bits per heavy atom. The molecule has 0 amide bonds. The van der Waals surface area contributed by atoms with Gasteiger partial charge in [0.15, 0.2) is 0 Å². The summed E-state index contributed by atoms with van der Waals surface area (Å²) >= 11 is 0. The lowest BCUT2D eigenvalue weighted by molar-refractivity contribution is -0.135. The molecule has 0 aromatic heterocycles. The van der Waals surface area contributed by atoms with Crippen molar-refractivity contribution in [2.45, 2.75) is 33.1 Å². The molecule has 2 N–H and O–H groups in total. The first-order valence-corrected chi connectivity index (χ1v) is 6.55. The fraction of sp³-hybridized carbons (Fsp3) is 0.533. The van der Waals surface area contributed by atoms with Gasteiger partial charge in [0.25, 0.3) is 0 Å². The first-order chi connectivity index (χ1) is 8.95. The molecule has 0 aliphatic heterocycles. The zero-order valence-electron chi connectivity index (χ0n) is 12.1. The molecule has 0 radical (unpaired) electrons. The number of nitrogens with one attached hydrogen (secondary N) is 1. The Bertz CT molecular complexity index is 441. The van der Waals surface area contributed by atoms with Crippen LogP contribution in [-0.2, 0) is 11.2 Å². The number of methoxy groups -OCH3 is 1. The Morgan fingerprint density at radius 2 is 2.11 bits per heavy atom. The Hall–Kier alpha value is -1.55. The number of hydrogen-bond acceptors (Lipinski definition) is 3. The third-order valence-electron chi connectivity index (χ3n) is 3.16. The van der Waals surface area contributed by atoms with Crippen LogP contribution in [0.25, 0.3) is 0 Å². The summed E-state index contributed by atoms with van der Waals surface area (Å²) in [6.07, 6.45) is 0.822. The summed E-state index contributed by atoms with van der Waals surface area (Å²) in [4.78, 5) is 10.4. The maximum Gasteiger partial charge on any atom is 0.317 e. The predicted octanol–water partition coefficient (Wildman–Crippen LogP) is 2.34. The van der Waals surface area contributed by atoms with Crippen molar-refractivity contribution in [2.24, 2.45) is 0 Å². The molecule has 19 heavy (non-hydrogen) atoms. The summed E-state index contributed by atoms with van der Waals surface area (Å²) in [5.74, 6) is 0.505. The molecule has 0 saturated carbocycles. The van der Waals surface area contributed by atoms with Crippen LogP contribution >= 0.6 is 0 Å². The third-order valence-corrected chi connectivity index (χ3v) is 3.16. The molecule has 0 saturated heterocycles. The van der Waals surface area contributed by atoms with E-state index in [-0.39, 0.29) is 6.54 Å². The zero-order valence-corrected chi connectivity index (χ0v) is 12.1. The second-order valence-corrected chi connectivity index (χ2v) is 5.00. The van der Waals surface area contributed by atoms with Crippen LogP contribution in [0.3, 0.4) is 0 Å². The van der Waals surface area contributed by atoms with Gasteiger partial charge in [-0.25, -0.2) is 0 Å². The molecule has 0 unspecified atom stereocenters. The van der Waals surface area contributed by atoms with Crippen LogP contribution in [0.15, 0.2) is 12.1 Å². The fourth-order valence-electron chi connectivity index (χ4n) is 2.06. The molecule has 0 heterocycles. The molecule has 4 nitrogen and oxygen atoms in total. The van der Waals surface area contributed by atoms with Gasteiger partial charge in [-0.3, -0.25) is 4.79 Å². The van der Waals surface area contributed by atoms with Crippen molar-refractivity contribution in [1.82, 2.24) is 5.32 Å². The van der Waals surface area contributed by atoms with Crippen molar-refractivity contribution < 1.29 is 14.6 Å². The average molecular weight is 265 g/mol.